The molecule has 2 aromatic carbocycles. The predicted octanol–water partition coefficient (Wildman–Crippen LogP) is 5.05. The van der Waals surface area contributed by atoms with Gasteiger partial charge in [0, 0.05) is 11.4 Å². The number of hydrogen-bond acceptors (Lipinski definition) is 2. The second-order valence-corrected chi connectivity index (χ2v) is 6.74. The van der Waals surface area contributed by atoms with Crippen LogP contribution < -0.4 is 10.6 Å². The van der Waals surface area contributed by atoms with Crippen molar-refractivity contribution in [1.82, 2.24) is 0 Å². The third kappa shape index (κ3) is 4.98. The summed E-state index contributed by atoms with van der Waals surface area (Å²) in [7, 11) is 0. The molecule has 0 aromatic heterocycles. The zero-order valence-corrected chi connectivity index (χ0v) is 14.4. The van der Waals surface area contributed by atoms with E-state index < -0.39 is 17.6 Å². The summed E-state index contributed by atoms with van der Waals surface area (Å²) in [6, 6.07) is 12.5. The van der Waals surface area contributed by atoms with Gasteiger partial charge < -0.3 is 10.6 Å². The molecule has 0 aliphatic heterocycles. The van der Waals surface area contributed by atoms with Gasteiger partial charge in [0.25, 0.3) is 0 Å². The summed E-state index contributed by atoms with van der Waals surface area (Å²) < 4.78 is 38.9. The Hall–Kier alpha value is -2.50. The monoisotopic (exact) mass is 350 g/mol. The van der Waals surface area contributed by atoms with Crippen LogP contribution in [0.3, 0.4) is 0 Å². The molecule has 3 nitrogen and oxygen atoms in total. The minimum absolute atomic E-state index is 0.116. The van der Waals surface area contributed by atoms with Crippen LogP contribution in [0.4, 0.5) is 24.5 Å². The lowest BCUT2D eigenvalue weighted by molar-refractivity contribution is -0.137. The Bertz CT molecular complexity index is 749. The third-order valence-corrected chi connectivity index (χ3v) is 3.68. The van der Waals surface area contributed by atoms with Crippen LogP contribution in [0.5, 0.6) is 0 Å². The Balaban J connectivity index is 2.09. The van der Waals surface area contributed by atoms with Crippen molar-refractivity contribution in [3.8, 4) is 0 Å². The van der Waals surface area contributed by atoms with Gasteiger partial charge >= 0.3 is 6.18 Å². The van der Waals surface area contributed by atoms with Crippen molar-refractivity contribution in [2.24, 2.45) is 0 Å². The average molecular weight is 350 g/mol. The van der Waals surface area contributed by atoms with Gasteiger partial charge in [0.2, 0.25) is 5.91 Å². The maximum atomic E-state index is 13.0. The first-order valence-corrected chi connectivity index (χ1v) is 7.88. The van der Waals surface area contributed by atoms with Crippen molar-refractivity contribution in [3.63, 3.8) is 0 Å². The molecule has 2 aromatic rings. The molecule has 1 amide bonds. The van der Waals surface area contributed by atoms with Gasteiger partial charge in [-0.2, -0.15) is 13.2 Å². The van der Waals surface area contributed by atoms with Gasteiger partial charge in [-0.15, -0.1) is 0 Å². The zero-order chi connectivity index (χ0) is 18.7. The molecule has 6 heteroatoms. The summed E-state index contributed by atoms with van der Waals surface area (Å²) in [4.78, 5) is 12.2. The summed E-state index contributed by atoms with van der Waals surface area (Å²) in [5, 5.41) is 5.33. The summed E-state index contributed by atoms with van der Waals surface area (Å²) >= 11 is 0. The molecule has 25 heavy (non-hydrogen) atoms. The van der Waals surface area contributed by atoms with Crippen LogP contribution in [-0.2, 0) is 16.4 Å². The summed E-state index contributed by atoms with van der Waals surface area (Å²) in [5.41, 5.74) is 0.539. The number of rotatable bonds is 4. The van der Waals surface area contributed by atoms with Gasteiger partial charge in [-0.25, -0.2) is 0 Å². The van der Waals surface area contributed by atoms with Gasteiger partial charge in [-0.3, -0.25) is 4.79 Å². The highest BCUT2D eigenvalue weighted by Gasteiger charge is 2.33. The lowest BCUT2D eigenvalue weighted by Crippen LogP contribution is -2.25. The largest absolute Gasteiger partial charge is 0.418 e. The Morgan fingerprint density at radius 3 is 1.96 bits per heavy atom. The first-order valence-electron chi connectivity index (χ1n) is 7.88. The minimum Gasteiger partial charge on any atom is -0.376 e. The van der Waals surface area contributed by atoms with Gasteiger partial charge in [0.1, 0.15) is 0 Å². The van der Waals surface area contributed by atoms with Gasteiger partial charge in [0.15, 0.2) is 0 Å². The van der Waals surface area contributed by atoms with Crippen LogP contribution in [0.15, 0.2) is 48.5 Å². The molecule has 2 N–H and O–H groups in total. The molecular weight excluding hydrogens is 329 g/mol. The molecule has 2 rings (SSSR count). The number of benzene rings is 2. The van der Waals surface area contributed by atoms with Crippen LogP contribution in [0.1, 0.15) is 31.9 Å². The number of alkyl halides is 3. The van der Waals surface area contributed by atoms with Crippen molar-refractivity contribution >= 4 is 17.3 Å². The molecule has 0 unspecified atom stereocenters. The third-order valence-electron chi connectivity index (χ3n) is 3.68. The Kier molecular flexibility index (Phi) is 5.40. The smallest absolute Gasteiger partial charge is 0.376 e. The SMILES string of the molecule is CC(C)(C)c1ccccc1NC(=O)CNc1ccccc1C(F)(F)F. The second kappa shape index (κ2) is 7.17. The van der Waals surface area contributed by atoms with Crippen LogP contribution >= 0.6 is 0 Å². The highest BCUT2D eigenvalue weighted by Crippen LogP contribution is 2.34. The fourth-order valence-electron chi connectivity index (χ4n) is 2.50. The summed E-state index contributed by atoms with van der Waals surface area (Å²) in [6.07, 6.45) is -4.47. The van der Waals surface area contributed by atoms with Crippen molar-refractivity contribution in [3.05, 3.63) is 59.7 Å². The van der Waals surface area contributed by atoms with Crippen LogP contribution in [-0.4, -0.2) is 12.5 Å². The quantitative estimate of drug-likeness (QED) is 0.810. The number of para-hydroxylation sites is 2. The van der Waals surface area contributed by atoms with E-state index in [2.05, 4.69) is 10.6 Å². The number of carbonyl (C=O) groups is 1. The van der Waals surface area contributed by atoms with E-state index in [-0.39, 0.29) is 17.6 Å². The predicted molar refractivity (Wildman–Crippen MR) is 93.7 cm³/mol. The lowest BCUT2D eigenvalue weighted by Gasteiger charge is -2.23. The second-order valence-electron chi connectivity index (χ2n) is 6.74. The van der Waals surface area contributed by atoms with Crippen molar-refractivity contribution in [1.29, 1.82) is 0 Å². The maximum Gasteiger partial charge on any atom is 0.418 e. The number of carbonyl (C=O) groups excluding carboxylic acids is 1. The average Bonchev–Trinajstić information content (AvgIpc) is 2.52. The van der Waals surface area contributed by atoms with E-state index >= 15 is 0 Å². The molecule has 0 fully saturated rings. The van der Waals surface area contributed by atoms with Crippen molar-refractivity contribution < 1.29 is 18.0 Å². The first kappa shape index (κ1) is 18.8. The Morgan fingerprint density at radius 1 is 0.880 bits per heavy atom. The molecule has 0 atom stereocenters. The fraction of sp³-hybridized carbons (Fsp3) is 0.316. The number of anilines is 2. The topological polar surface area (TPSA) is 41.1 Å². The molecule has 0 aliphatic carbocycles. The van der Waals surface area contributed by atoms with Crippen LogP contribution in [0.2, 0.25) is 0 Å². The standard InChI is InChI=1S/C19H21F3N2O/c1-18(2,3)13-8-4-7-11-16(13)24-17(25)12-23-15-10-6-5-9-14(15)19(20,21)22/h4-11,23H,12H2,1-3H3,(H,24,25). The Labute approximate surface area is 145 Å². The highest BCUT2D eigenvalue weighted by molar-refractivity contribution is 5.94. The van der Waals surface area contributed by atoms with Crippen molar-refractivity contribution in [2.45, 2.75) is 32.4 Å². The minimum atomic E-state index is -4.47. The molecule has 134 valence electrons. The number of amides is 1. The van der Waals surface area contributed by atoms with E-state index in [1.54, 1.807) is 12.1 Å². The van der Waals surface area contributed by atoms with E-state index in [1.807, 2.05) is 32.9 Å². The molecule has 0 spiro atoms. The number of halogens is 3. The van der Waals surface area contributed by atoms with Gasteiger partial charge in [-0.05, 0) is 29.2 Å². The van der Waals surface area contributed by atoms with E-state index in [0.717, 1.165) is 11.6 Å². The van der Waals surface area contributed by atoms with E-state index in [0.29, 0.717) is 5.69 Å². The molecule has 0 saturated carbocycles. The molecular formula is C19H21F3N2O. The first-order chi connectivity index (χ1) is 11.6. The van der Waals surface area contributed by atoms with Gasteiger partial charge in [-0.1, -0.05) is 51.1 Å². The number of nitrogens with one attached hydrogen (secondary N) is 2. The van der Waals surface area contributed by atoms with Crippen LogP contribution in [0, 0.1) is 0 Å². The summed E-state index contributed by atoms with van der Waals surface area (Å²) in [6.45, 7) is 5.81. The van der Waals surface area contributed by atoms with Crippen molar-refractivity contribution in [2.75, 3.05) is 17.2 Å². The number of hydrogen-bond donors (Lipinski definition) is 2. The maximum absolute atomic E-state index is 13.0. The van der Waals surface area contributed by atoms with E-state index in [1.165, 1.54) is 18.2 Å². The van der Waals surface area contributed by atoms with Crippen LogP contribution in [0.25, 0.3) is 0 Å². The normalized spacial score (nSPS) is 11.9. The van der Waals surface area contributed by atoms with Gasteiger partial charge in [0.05, 0.1) is 12.1 Å². The lowest BCUT2D eigenvalue weighted by atomic mass is 9.86. The highest BCUT2D eigenvalue weighted by atomic mass is 19.4. The Morgan fingerprint density at radius 2 is 1.40 bits per heavy atom. The molecule has 0 radical (unpaired) electrons. The molecule has 0 aliphatic rings. The van der Waals surface area contributed by atoms with E-state index in [9.17, 15) is 18.0 Å². The fourth-order valence-corrected chi connectivity index (χ4v) is 2.50. The molecule has 0 heterocycles. The molecule has 0 saturated heterocycles. The van der Waals surface area contributed by atoms with E-state index in [4.69, 9.17) is 0 Å². The zero-order valence-electron chi connectivity index (χ0n) is 14.4. The summed E-state index contributed by atoms with van der Waals surface area (Å²) in [5.74, 6) is -0.409. The molecule has 0 bridgehead atoms.